The molecule has 2 fully saturated rings. The number of alkyl carbamates (subject to hydrolysis) is 2. The van der Waals surface area contributed by atoms with Gasteiger partial charge in [-0.2, -0.15) is 23.5 Å². The maximum absolute atomic E-state index is 13.8. The van der Waals surface area contributed by atoms with Crippen LogP contribution in [0.3, 0.4) is 0 Å². The van der Waals surface area contributed by atoms with E-state index in [1.165, 1.54) is 14.2 Å². The lowest BCUT2D eigenvalue weighted by molar-refractivity contribution is -0.136. The van der Waals surface area contributed by atoms with Crippen molar-refractivity contribution in [1.82, 2.24) is 40.4 Å². The number of nitrogens with zero attached hydrogens (tertiary/aromatic N) is 4. The Labute approximate surface area is 348 Å². The van der Waals surface area contributed by atoms with Crippen molar-refractivity contribution in [1.29, 1.82) is 0 Å². The van der Waals surface area contributed by atoms with Gasteiger partial charge in [0.1, 0.15) is 23.7 Å². The van der Waals surface area contributed by atoms with Crippen molar-refractivity contribution < 1.29 is 28.7 Å². The quantitative estimate of drug-likeness (QED) is 0.111. The zero-order valence-corrected chi connectivity index (χ0v) is 35.9. The Kier molecular flexibility index (Phi) is 13.8. The van der Waals surface area contributed by atoms with Crippen LogP contribution in [-0.4, -0.2) is 116 Å². The molecule has 58 heavy (non-hydrogen) atoms. The highest BCUT2D eigenvalue weighted by atomic mass is 32.2. The molecule has 0 spiro atoms. The molecule has 6 atom stereocenters. The molecule has 6 rings (SSSR count). The van der Waals surface area contributed by atoms with Crippen molar-refractivity contribution >= 4 is 47.5 Å². The fourth-order valence-electron chi connectivity index (χ4n) is 7.69. The zero-order valence-electron chi connectivity index (χ0n) is 34.3. The molecule has 2 saturated heterocycles. The van der Waals surface area contributed by atoms with Crippen molar-refractivity contribution in [3.8, 4) is 33.6 Å². The number of hydrogen-bond acceptors (Lipinski definition) is 10. The van der Waals surface area contributed by atoms with Gasteiger partial charge in [0, 0.05) is 23.6 Å². The van der Waals surface area contributed by atoms with Crippen molar-refractivity contribution in [3.63, 3.8) is 0 Å². The number of amides is 4. The van der Waals surface area contributed by atoms with Crippen molar-refractivity contribution in [3.05, 3.63) is 72.6 Å². The molecule has 1 unspecified atom stereocenters. The lowest BCUT2D eigenvalue weighted by atomic mass is 10.0. The first-order valence-electron chi connectivity index (χ1n) is 19.5. The Balaban J connectivity index is 1.14. The van der Waals surface area contributed by atoms with Gasteiger partial charge in [-0.1, -0.05) is 76.2 Å². The first-order chi connectivity index (χ1) is 27.8. The van der Waals surface area contributed by atoms with Gasteiger partial charge in [0.05, 0.1) is 50.1 Å². The highest BCUT2D eigenvalue weighted by molar-refractivity contribution is 7.99. The average molecular weight is 831 g/mol. The molecule has 14 nitrogen and oxygen atoms in total. The summed E-state index contributed by atoms with van der Waals surface area (Å²) in [5, 5.41) is 5.93. The van der Waals surface area contributed by atoms with E-state index < -0.39 is 24.3 Å². The molecule has 4 N–H and O–H groups in total. The van der Waals surface area contributed by atoms with Crippen LogP contribution in [0.15, 0.2) is 60.9 Å². The number of aromatic nitrogens is 4. The number of aromatic amines is 2. The smallest absolute Gasteiger partial charge is 0.407 e. The summed E-state index contributed by atoms with van der Waals surface area (Å²) in [7, 11) is 2.58. The Morgan fingerprint density at radius 2 is 0.983 bits per heavy atom. The summed E-state index contributed by atoms with van der Waals surface area (Å²) in [6, 6.07) is 14.6. The van der Waals surface area contributed by atoms with E-state index in [0.29, 0.717) is 24.7 Å². The SMILES string of the molecule is COC(=O)NC(C(=O)N1C[C@@H](SC)C[C@H]1c1ncc(-c2ccc(-c3ccc(-c4cnc([C@@H]5C[C@H](SC)CN5C(=O)[C@@H](NC(=O)OC)C(C)C)[nH]4)cc3)cc2)[nH]1)C(C)C. The topological polar surface area (TPSA) is 175 Å². The molecule has 0 radical (unpaired) electrons. The predicted octanol–water partition coefficient (Wildman–Crippen LogP) is 6.91. The Hall–Kier alpha value is -4.96. The average Bonchev–Trinajstić information content (AvgIpc) is 4.07. The van der Waals surface area contributed by atoms with Crippen LogP contribution < -0.4 is 10.6 Å². The van der Waals surface area contributed by atoms with Crippen LogP contribution in [0, 0.1) is 11.8 Å². The molecule has 16 heteroatoms. The molecular weight excluding hydrogens is 777 g/mol. The number of nitrogens with one attached hydrogen (secondary N) is 4. The summed E-state index contributed by atoms with van der Waals surface area (Å²) < 4.78 is 9.59. The summed E-state index contributed by atoms with van der Waals surface area (Å²) in [5.74, 6) is 0.895. The number of thioether (sulfide) groups is 2. The molecule has 4 aromatic rings. The number of likely N-dealkylation sites (tertiary alicyclic amines) is 2. The van der Waals surface area contributed by atoms with Gasteiger partial charge in [0.2, 0.25) is 11.8 Å². The first kappa shape index (κ1) is 42.6. The van der Waals surface area contributed by atoms with Crippen LogP contribution in [0.5, 0.6) is 0 Å². The van der Waals surface area contributed by atoms with E-state index in [9.17, 15) is 19.2 Å². The van der Waals surface area contributed by atoms with Gasteiger partial charge >= 0.3 is 12.2 Å². The number of hydrogen-bond donors (Lipinski definition) is 4. The normalized spacial score (nSPS) is 20.3. The highest BCUT2D eigenvalue weighted by Gasteiger charge is 2.42. The molecule has 310 valence electrons. The molecule has 0 aliphatic carbocycles. The third kappa shape index (κ3) is 9.33. The molecule has 2 aromatic heterocycles. The molecule has 4 heterocycles. The fraction of sp³-hybridized carbons (Fsp3) is 0.476. The van der Waals surface area contributed by atoms with Crippen molar-refractivity contribution in [2.24, 2.45) is 11.8 Å². The number of imidazole rings is 2. The van der Waals surface area contributed by atoms with Gasteiger partial charge in [-0.25, -0.2) is 19.6 Å². The Morgan fingerprint density at radius 3 is 1.29 bits per heavy atom. The Bertz CT molecular complexity index is 1910. The van der Waals surface area contributed by atoms with Gasteiger partial charge in [-0.15, -0.1) is 0 Å². The molecule has 0 saturated carbocycles. The van der Waals surface area contributed by atoms with Crippen LogP contribution >= 0.6 is 23.5 Å². The number of methoxy groups -OCH3 is 2. The highest BCUT2D eigenvalue weighted by Crippen LogP contribution is 2.39. The summed E-state index contributed by atoms with van der Waals surface area (Å²) in [6.45, 7) is 8.76. The minimum atomic E-state index is -0.710. The monoisotopic (exact) mass is 830 g/mol. The number of H-pyrrole nitrogens is 2. The third-order valence-corrected chi connectivity index (χ3v) is 13.1. The van der Waals surface area contributed by atoms with Crippen LogP contribution in [-0.2, 0) is 19.1 Å². The van der Waals surface area contributed by atoms with Crippen LogP contribution in [0.25, 0.3) is 33.6 Å². The number of benzene rings is 2. The van der Waals surface area contributed by atoms with Gasteiger partial charge < -0.3 is 39.9 Å². The largest absolute Gasteiger partial charge is 0.453 e. The second-order valence-corrected chi connectivity index (χ2v) is 17.7. The minimum Gasteiger partial charge on any atom is -0.453 e. The maximum Gasteiger partial charge on any atom is 0.407 e. The molecule has 2 aliphatic heterocycles. The second-order valence-electron chi connectivity index (χ2n) is 15.4. The van der Waals surface area contributed by atoms with E-state index in [1.807, 2.05) is 62.4 Å². The lowest BCUT2D eigenvalue weighted by Gasteiger charge is -2.30. The van der Waals surface area contributed by atoms with Crippen LogP contribution in [0.1, 0.15) is 64.3 Å². The maximum atomic E-state index is 13.8. The first-order valence-corrected chi connectivity index (χ1v) is 22.1. The van der Waals surface area contributed by atoms with E-state index in [2.05, 4.69) is 69.1 Å². The summed E-state index contributed by atoms with van der Waals surface area (Å²) in [6.07, 6.45) is 7.96. The fourth-order valence-corrected chi connectivity index (χ4v) is 9.06. The summed E-state index contributed by atoms with van der Waals surface area (Å²) >= 11 is 3.45. The zero-order chi connectivity index (χ0) is 41.7. The third-order valence-electron chi connectivity index (χ3n) is 11.1. The number of carbonyl (C=O) groups excluding carboxylic acids is 4. The lowest BCUT2D eigenvalue weighted by Crippen LogP contribution is -2.51. The van der Waals surface area contributed by atoms with Gasteiger partial charge in [-0.3, -0.25) is 9.59 Å². The van der Waals surface area contributed by atoms with Crippen molar-refractivity contribution in [2.45, 2.75) is 75.2 Å². The molecule has 4 amide bonds. The predicted molar refractivity (Wildman–Crippen MR) is 228 cm³/mol. The summed E-state index contributed by atoms with van der Waals surface area (Å²) in [5.41, 5.74) is 5.75. The van der Waals surface area contributed by atoms with E-state index in [1.54, 1.807) is 23.5 Å². The van der Waals surface area contributed by atoms with E-state index in [-0.39, 0.29) is 46.2 Å². The molecular formula is C42H54N8O6S2. The van der Waals surface area contributed by atoms with Crippen LogP contribution in [0.4, 0.5) is 9.59 Å². The minimum absolute atomic E-state index is 0.122. The van der Waals surface area contributed by atoms with Gasteiger partial charge in [-0.05, 0) is 59.4 Å². The van der Waals surface area contributed by atoms with Crippen molar-refractivity contribution in [2.75, 3.05) is 39.8 Å². The molecule has 0 bridgehead atoms. The van der Waals surface area contributed by atoms with Crippen LogP contribution in [0.2, 0.25) is 0 Å². The van der Waals surface area contributed by atoms with E-state index >= 15 is 0 Å². The summed E-state index contributed by atoms with van der Waals surface area (Å²) in [4.78, 5) is 71.8. The Morgan fingerprint density at radius 1 is 0.638 bits per heavy atom. The van der Waals surface area contributed by atoms with E-state index in [4.69, 9.17) is 19.4 Å². The van der Waals surface area contributed by atoms with Gasteiger partial charge in [0.25, 0.3) is 0 Å². The second kappa shape index (κ2) is 18.7. The standard InChI is InChI=1S/C42H54N8O6S2/c1-23(2)35(47-41(53)55-5)39(51)49-21-29(57-7)17-33(49)37-43-19-31(45-37)27-13-9-25(10-14-27)26-11-15-28(16-12-26)32-20-44-38(46-32)34-18-30(58-8)22-50(34)40(52)36(24(3)4)48-42(54)56-6/h9-16,19-20,23-24,29-30,33-36H,17-18,21-22H2,1-8H3,(H,43,45)(H,44,46)(H,47,53)(H,48,54)/t29-,30-,33-,34-,35-,36?/m0/s1. The molecule has 2 aromatic carbocycles. The number of rotatable bonds is 13. The van der Waals surface area contributed by atoms with Gasteiger partial charge in [0.15, 0.2) is 0 Å². The number of ether oxygens (including phenoxy) is 2. The number of carbonyl (C=O) groups is 4. The molecule has 2 aliphatic rings. The van der Waals surface area contributed by atoms with E-state index in [0.717, 1.165) is 46.5 Å².